The van der Waals surface area contributed by atoms with Gasteiger partial charge in [-0.05, 0) is 37.4 Å². The molecular formula is C16H27NO. The molecule has 18 heavy (non-hydrogen) atoms. The molecule has 1 N–H and O–H groups in total. The maximum absolute atomic E-state index is 6.10. The van der Waals surface area contributed by atoms with Crippen molar-refractivity contribution in [2.75, 3.05) is 13.1 Å². The third-order valence-electron chi connectivity index (χ3n) is 2.92. The van der Waals surface area contributed by atoms with Crippen molar-refractivity contribution in [2.24, 2.45) is 5.92 Å². The maximum Gasteiger partial charge on any atom is 0.122 e. The largest absolute Gasteiger partial charge is 0.489 e. The lowest BCUT2D eigenvalue weighted by atomic mass is 10.1. The Morgan fingerprint density at radius 1 is 1.17 bits per heavy atom. The van der Waals surface area contributed by atoms with Crippen molar-refractivity contribution >= 4 is 0 Å². The van der Waals surface area contributed by atoms with Crippen molar-refractivity contribution in [1.82, 2.24) is 5.32 Å². The molecule has 102 valence electrons. The molecule has 0 saturated heterocycles. The van der Waals surface area contributed by atoms with Crippen LogP contribution in [0, 0.1) is 12.8 Å². The Morgan fingerprint density at radius 3 is 2.50 bits per heavy atom. The molecule has 0 amide bonds. The van der Waals surface area contributed by atoms with Gasteiger partial charge in [-0.15, -0.1) is 0 Å². The zero-order valence-corrected chi connectivity index (χ0v) is 12.2. The predicted octanol–water partition coefficient (Wildman–Crippen LogP) is 3.79. The van der Waals surface area contributed by atoms with E-state index in [-0.39, 0.29) is 6.10 Å². The summed E-state index contributed by atoms with van der Waals surface area (Å²) < 4.78 is 6.10. The quantitative estimate of drug-likeness (QED) is 0.757. The molecule has 1 unspecified atom stereocenters. The summed E-state index contributed by atoms with van der Waals surface area (Å²) in [5.41, 5.74) is 1.21. The van der Waals surface area contributed by atoms with Crippen molar-refractivity contribution in [1.29, 1.82) is 0 Å². The number of para-hydroxylation sites is 1. The van der Waals surface area contributed by atoms with Crippen molar-refractivity contribution in [2.45, 2.75) is 46.6 Å². The first kappa shape index (κ1) is 15.0. The highest BCUT2D eigenvalue weighted by atomic mass is 16.5. The van der Waals surface area contributed by atoms with Gasteiger partial charge in [0, 0.05) is 6.54 Å². The lowest BCUT2D eigenvalue weighted by molar-refractivity contribution is 0.184. The number of aryl methyl sites for hydroxylation is 1. The molecule has 0 fully saturated rings. The Kier molecular flexibility index (Phi) is 6.81. The van der Waals surface area contributed by atoms with Crippen LogP contribution in [-0.2, 0) is 0 Å². The first-order valence-corrected chi connectivity index (χ1v) is 7.06. The van der Waals surface area contributed by atoms with Gasteiger partial charge in [-0.1, -0.05) is 45.4 Å². The van der Waals surface area contributed by atoms with E-state index >= 15 is 0 Å². The SMILES string of the molecule is CCCC(CNCC(C)C)Oc1ccccc1C. The molecule has 1 atom stereocenters. The van der Waals surface area contributed by atoms with Gasteiger partial charge in [0.1, 0.15) is 11.9 Å². The van der Waals surface area contributed by atoms with Crippen molar-refractivity contribution in [3.8, 4) is 5.75 Å². The van der Waals surface area contributed by atoms with Crippen LogP contribution in [0.25, 0.3) is 0 Å². The van der Waals surface area contributed by atoms with Gasteiger partial charge < -0.3 is 10.1 Å². The van der Waals surface area contributed by atoms with Gasteiger partial charge in [-0.25, -0.2) is 0 Å². The number of hydrogen-bond donors (Lipinski definition) is 1. The molecule has 0 radical (unpaired) electrons. The minimum atomic E-state index is 0.273. The topological polar surface area (TPSA) is 21.3 Å². The summed E-state index contributed by atoms with van der Waals surface area (Å²) in [5, 5.41) is 3.48. The molecule has 0 heterocycles. The van der Waals surface area contributed by atoms with Crippen molar-refractivity contribution in [3.05, 3.63) is 29.8 Å². The van der Waals surface area contributed by atoms with E-state index < -0.39 is 0 Å². The van der Waals surface area contributed by atoms with E-state index in [4.69, 9.17) is 4.74 Å². The summed E-state index contributed by atoms with van der Waals surface area (Å²) in [6, 6.07) is 8.24. The van der Waals surface area contributed by atoms with Crippen LogP contribution in [0.2, 0.25) is 0 Å². The Labute approximate surface area is 112 Å². The summed E-state index contributed by atoms with van der Waals surface area (Å²) in [6.07, 6.45) is 2.52. The Balaban J connectivity index is 2.49. The molecule has 1 aromatic carbocycles. The molecule has 1 aromatic rings. The minimum Gasteiger partial charge on any atom is -0.489 e. The molecule has 0 aliphatic carbocycles. The highest BCUT2D eigenvalue weighted by Gasteiger charge is 2.10. The normalized spacial score (nSPS) is 12.7. The second-order valence-corrected chi connectivity index (χ2v) is 5.35. The van der Waals surface area contributed by atoms with Crippen LogP contribution in [0.1, 0.15) is 39.2 Å². The molecule has 0 saturated carbocycles. The first-order valence-electron chi connectivity index (χ1n) is 7.06. The van der Waals surface area contributed by atoms with Crippen LogP contribution in [0.4, 0.5) is 0 Å². The van der Waals surface area contributed by atoms with Gasteiger partial charge >= 0.3 is 0 Å². The van der Waals surface area contributed by atoms with Gasteiger partial charge in [-0.2, -0.15) is 0 Å². The van der Waals surface area contributed by atoms with E-state index in [9.17, 15) is 0 Å². The van der Waals surface area contributed by atoms with E-state index in [2.05, 4.69) is 45.1 Å². The fourth-order valence-electron chi connectivity index (χ4n) is 1.93. The summed E-state index contributed by atoms with van der Waals surface area (Å²) in [5.74, 6) is 1.70. The maximum atomic E-state index is 6.10. The van der Waals surface area contributed by atoms with Crippen LogP contribution in [0.5, 0.6) is 5.75 Å². The van der Waals surface area contributed by atoms with E-state index in [0.29, 0.717) is 5.92 Å². The summed E-state index contributed by atoms with van der Waals surface area (Å²) in [7, 11) is 0. The van der Waals surface area contributed by atoms with E-state index in [1.165, 1.54) is 5.56 Å². The van der Waals surface area contributed by atoms with Gasteiger partial charge in [0.25, 0.3) is 0 Å². The Hall–Kier alpha value is -1.02. The van der Waals surface area contributed by atoms with E-state index in [1.54, 1.807) is 0 Å². The molecule has 0 aliphatic heterocycles. The van der Waals surface area contributed by atoms with Crippen LogP contribution in [0.15, 0.2) is 24.3 Å². The minimum absolute atomic E-state index is 0.273. The number of hydrogen-bond acceptors (Lipinski definition) is 2. The zero-order valence-electron chi connectivity index (χ0n) is 12.2. The Bertz CT molecular complexity index is 336. The molecule has 0 spiro atoms. The summed E-state index contributed by atoms with van der Waals surface area (Å²) in [6.45, 7) is 10.7. The van der Waals surface area contributed by atoms with Crippen molar-refractivity contribution in [3.63, 3.8) is 0 Å². The molecule has 2 heteroatoms. The monoisotopic (exact) mass is 249 g/mol. The van der Waals surface area contributed by atoms with Crippen LogP contribution < -0.4 is 10.1 Å². The zero-order chi connectivity index (χ0) is 13.4. The smallest absolute Gasteiger partial charge is 0.122 e. The average Bonchev–Trinajstić information content (AvgIpc) is 2.32. The Morgan fingerprint density at radius 2 is 1.89 bits per heavy atom. The second-order valence-electron chi connectivity index (χ2n) is 5.35. The number of rotatable bonds is 8. The summed E-state index contributed by atoms with van der Waals surface area (Å²) >= 11 is 0. The van der Waals surface area contributed by atoms with E-state index in [0.717, 1.165) is 31.7 Å². The highest BCUT2D eigenvalue weighted by molar-refractivity contribution is 5.31. The number of benzene rings is 1. The predicted molar refractivity (Wildman–Crippen MR) is 78.2 cm³/mol. The number of ether oxygens (including phenoxy) is 1. The van der Waals surface area contributed by atoms with Crippen LogP contribution >= 0.6 is 0 Å². The van der Waals surface area contributed by atoms with Gasteiger partial charge in [0.05, 0.1) is 0 Å². The first-order chi connectivity index (χ1) is 8.63. The highest BCUT2D eigenvalue weighted by Crippen LogP contribution is 2.19. The van der Waals surface area contributed by atoms with Gasteiger partial charge in [-0.3, -0.25) is 0 Å². The standard InChI is InChI=1S/C16H27NO/c1-5-8-15(12-17-11-13(2)3)18-16-10-7-6-9-14(16)4/h6-7,9-10,13,15,17H,5,8,11-12H2,1-4H3. The lowest BCUT2D eigenvalue weighted by Gasteiger charge is -2.21. The molecule has 0 aliphatic rings. The fraction of sp³-hybridized carbons (Fsp3) is 0.625. The van der Waals surface area contributed by atoms with Gasteiger partial charge in [0.2, 0.25) is 0 Å². The number of nitrogens with one attached hydrogen (secondary N) is 1. The second kappa shape index (κ2) is 8.15. The third-order valence-corrected chi connectivity index (χ3v) is 2.92. The van der Waals surface area contributed by atoms with Crippen LogP contribution in [-0.4, -0.2) is 19.2 Å². The fourth-order valence-corrected chi connectivity index (χ4v) is 1.93. The molecular weight excluding hydrogens is 222 g/mol. The molecule has 2 nitrogen and oxygen atoms in total. The average molecular weight is 249 g/mol. The van der Waals surface area contributed by atoms with Crippen LogP contribution in [0.3, 0.4) is 0 Å². The molecule has 1 rings (SSSR count). The summed E-state index contributed by atoms with van der Waals surface area (Å²) in [4.78, 5) is 0. The van der Waals surface area contributed by atoms with Gasteiger partial charge in [0.15, 0.2) is 0 Å². The lowest BCUT2D eigenvalue weighted by Crippen LogP contribution is -2.33. The molecule has 0 bridgehead atoms. The van der Waals surface area contributed by atoms with Crippen molar-refractivity contribution < 1.29 is 4.74 Å². The van der Waals surface area contributed by atoms with E-state index in [1.807, 2.05) is 12.1 Å². The molecule has 0 aromatic heterocycles. The third kappa shape index (κ3) is 5.54.